The highest BCUT2D eigenvalue weighted by atomic mass is 35.5. The van der Waals surface area contributed by atoms with E-state index in [0.29, 0.717) is 22.3 Å². The van der Waals surface area contributed by atoms with Crippen molar-refractivity contribution < 1.29 is 4.79 Å². The lowest BCUT2D eigenvalue weighted by atomic mass is 10.2. The van der Waals surface area contributed by atoms with Crippen molar-refractivity contribution in [3.8, 4) is 6.07 Å². The molecule has 2 N–H and O–H groups in total. The smallest absolute Gasteiger partial charge is 0.242 e. The Morgan fingerprint density at radius 3 is 2.68 bits per heavy atom. The molecule has 0 unspecified atom stereocenters. The van der Waals surface area contributed by atoms with E-state index in [4.69, 9.17) is 28.5 Å². The minimum Gasteiger partial charge on any atom is -0.373 e. The van der Waals surface area contributed by atoms with E-state index in [1.54, 1.807) is 32.0 Å². The van der Waals surface area contributed by atoms with Crippen LogP contribution in [-0.4, -0.2) is 18.5 Å². The number of amides is 1. The summed E-state index contributed by atoms with van der Waals surface area (Å²) in [7, 11) is 0. The molecule has 2 atom stereocenters. The molecule has 0 saturated heterocycles. The summed E-state index contributed by atoms with van der Waals surface area (Å²) in [6.07, 6.45) is 0. The van der Waals surface area contributed by atoms with Gasteiger partial charge in [-0.2, -0.15) is 5.26 Å². The van der Waals surface area contributed by atoms with Crippen LogP contribution in [0.2, 0.25) is 10.0 Å². The van der Waals surface area contributed by atoms with Crippen molar-refractivity contribution >= 4 is 34.8 Å². The number of nitriles is 1. The summed E-state index contributed by atoms with van der Waals surface area (Å²) in [4.78, 5) is 11.8. The van der Waals surface area contributed by atoms with Gasteiger partial charge in [-0.25, -0.2) is 0 Å². The zero-order valence-electron chi connectivity index (χ0n) is 10.7. The maximum Gasteiger partial charge on any atom is 0.242 e. The SMILES string of the molecule is C[C@@H](C#N)CNC(=O)[C@@H](C)Nc1ccc(Cl)cc1Cl. The Morgan fingerprint density at radius 2 is 2.11 bits per heavy atom. The van der Waals surface area contributed by atoms with Gasteiger partial charge in [0.05, 0.1) is 22.7 Å². The van der Waals surface area contributed by atoms with Gasteiger partial charge < -0.3 is 10.6 Å². The first-order valence-electron chi connectivity index (χ1n) is 5.83. The van der Waals surface area contributed by atoms with Gasteiger partial charge >= 0.3 is 0 Å². The van der Waals surface area contributed by atoms with Gasteiger partial charge in [-0.05, 0) is 32.0 Å². The molecule has 0 fully saturated rings. The molecule has 1 aromatic rings. The van der Waals surface area contributed by atoms with Crippen molar-refractivity contribution in [3.63, 3.8) is 0 Å². The fourth-order valence-corrected chi connectivity index (χ4v) is 1.82. The molecule has 0 radical (unpaired) electrons. The predicted molar refractivity (Wildman–Crippen MR) is 77.3 cm³/mol. The number of halogens is 2. The molecular formula is C13H15Cl2N3O. The Bertz CT molecular complexity index is 499. The van der Waals surface area contributed by atoms with Crippen LogP contribution in [0.25, 0.3) is 0 Å². The molecule has 0 aliphatic rings. The van der Waals surface area contributed by atoms with Crippen LogP contribution in [0.4, 0.5) is 5.69 Å². The van der Waals surface area contributed by atoms with Crippen LogP contribution in [0.3, 0.4) is 0 Å². The molecule has 0 aliphatic heterocycles. The van der Waals surface area contributed by atoms with Gasteiger partial charge in [0, 0.05) is 11.6 Å². The Kier molecular flexibility index (Phi) is 5.94. The molecule has 0 aliphatic carbocycles. The second kappa shape index (κ2) is 7.22. The Labute approximate surface area is 122 Å². The number of nitrogens with one attached hydrogen (secondary N) is 2. The molecule has 0 bridgehead atoms. The van der Waals surface area contributed by atoms with Crippen LogP contribution < -0.4 is 10.6 Å². The summed E-state index contributed by atoms with van der Waals surface area (Å²) in [5.74, 6) is -0.400. The molecule has 1 amide bonds. The number of hydrogen-bond acceptors (Lipinski definition) is 3. The van der Waals surface area contributed by atoms with Crippen LogP contribution in [0.1, 0.15) is 13.8 Å². The highest BCUT2D eigenvalue weighted by Crippen LogP contribution is 2.25. The highest BCUT2D eigenvalue weighted by molar-refractivity contribution is 6.36. The van der Waals surface area contributed by atoms with E-state index < -0.39 is 6.04 Å². The van der Waals surface area contributed by atoms with E-state index in [1.807, 2.05) is 0 Å². The minimum absolute atomic E-state index is 0.187. The van der Waals surface area contributed by atoms with Crippen LogP contribution in [0.15, 0.2) is 18.2 Å². The Balaban J connectivity index is 2.57. The van der Waals surface area contributed by atoms with Gasteiger partial charge in [0.15, 0.2) is 0 Å². The van der Waals surface area contributed by atoms with Gasteiger partial charge in [-0.1, -0.05) is 23.2 Å². The van der Waals surface area contributed by atoms with Crippen molar-refractivity contribution in [2.75, 3.05) is 11.9 Å². The molecule has 0 spiro atoms. The molecular weight excluding hydrogens is 285 g/mol. The number of rotatable bonds is 5. The van der Waals surface area contributed by atoms with E-state index in [-0.39, 0.29) is 11.8 Å². The van der Waals surface area contributed by atoms with Gasteiger partial charge in [-0.15, -0.1) is 0 Å². The number of carbonyl (C=O) groups excluding carboxylic acids is 1. The summed E-state index contributed by atoms with van der Waals surface area (Å²) in [6, 6.07) is 6.61. The third-order valence-electron chi connectivity index (χ3n) is 2.50. The van der Waals surface area contributed by atoms with E-state index in [1.165, 1.54) is 0 Å². The molecule has 102 valence electrons. The van der Waals surface area contributed by atoms with Crippen molar-refractivity contribution in [3.05, 3.63) is 28.2 Å². The summed E-state index contributed by atoms with van der Waals surface area (Å²) in [5.41, 5.74) is 0.641. The summed E-state index contributed by atoms with van der Waals surface area (Å²) >= 11 is 11.8. The van der Waals surface area contributed by atoms with Crippen LogP contribution >= 0.6 is 23.2 Å². The monoisotopic (exact) mass is 299 g/mol. The predicted octanol–water partition coefficient (Wildman–Crippen LogP) is 3.07. The first-order valence-corrected chi connectivity index (χ1v) is 6.58. The zero-order valence-corrected chi connectivity index (χ0v) is 12.2. The molecule has 0 heterocycles. The molecule has 0 saturated carbocycles. The lowest BCUT2D eigenvalue weighted by Crippen LogP contribution is -2.39. The molecule has 1 aromatic carbocycles. The lowest BCUT2D eigenvalue weighted by Gasteiger charge is -2.16. The molecule has 0 aromatic heterocycles. The van der Waals surface area contributed by atoms with Crippen molar-refractivity contribution in [2.45, 2.75) is 19.9 Å². The third-order valence-corrected chi connectivity index (χ3v) is 3.05. The van der Waals surface area contributed by atoms with Crippen LogP contribution in [-0.2, 0) is 4.79 Å². The molecule has 6 heteroatoms. The fraction of sp³-hybridized carbons (Fsp3) is 0.385. The number of hydrogen-bond donors (Lipinski definition) is 2. The van der Waals surface area contributed by atoms with Gasteiger partial charge in [0.1, 0.15) is 6.04 Å². The van der Waals surface area contributed by atoms with Crippen molar-refractivity contribution in [2.24, 2.45) is 5.92 Å². The van der Waals surface area contributed by atoms with Gasteiger partial charge in [-0.3, -0.25) is 4.79 Å². The number of benzene rings is 1. The van der Waals surface area contributed by atoms with Gasteiger partial charge in [0.25, 0.3) is 0 Å². The van der Waals surface area contributed by atoms with E-state index in [0.717, 1.165) is 0 Å². The summed E-state index contributed by atoms with van der Waals surface area (Å²) in [5, 5.41) is 15.3. The van der Waals surface area contributed by atoms with Crippen molar-refractivity contribution in [1.82, 2.24) is 5.32 Å². The van der Waals surface area contributed by atoms with E-state index in [9.17, 15) is 4.79 Å². The largest absolute Gasteiger partial charge is 0.373 e. The minimum atomic E-state index is -0.454. The first kappa shape index (κ1) is 15.6. The fourth-order valence-electron chi connectivity index (χ4n) is 1.36. The maximum atomic E-state index is 11.8. The standard InChI is InChI=1S/C13H15Cl2N3O/c1-8(6-16)7-17-13(19)9(2)18-12-4-3-10(14)5-11(12)15/h3-5,8-9,18H,7H2,1-2H3,(H,17,19)/t8-,9+/m0/s1. The Hall–Kier alpha value is -1.44. The molecule has 4 nitrogen and oxygen atoms in total. The molecule has 19 heavy (non-hydrogen) atoms. The normalized spacial score (nSPS) is 13.2. The average Bonchev–Trinajstić information content (AvgIpc) is 2.38. The maximum absolute atomic E-state index is 11.8. The van der Waals surface area contributed by atoms with E-state index in [2.05, 4.69) is 16.7 Å². The first-order chi connectivity index (χ1) is 8.93. The highest BCUT2D eigenvalue weighted by Gasteiger charge is 2.14. The second-order valence-electron chi connectivity index (χ2n) is 4.27. The van der Waals surface area contributed by atoms with Crippen molar-refractivity contribution in [1.29, 1.82) is 5.26 Å². The molecule has 1 rings (SSSR count). The average molecular weight is 300 g/mol. The quantitative estimate of drug-likeness (QED) is 0.878. The van der Waals surface area contributed by atoms with Crippen LogP contribution in [0, 0.1) is 17.2 Å². The van der Waals surface area contributed by atoms with E-state index >= 15 is 0 Å². The number of nitrogens with zero attached hydrogens (tertiary/aromatic N) is 1. The third kappa shape index (κ3) is 4.98. The number of anilines is 1. The van der Waals surface area contributed by atoms with Crippen LogP contribution in [0.5, 0.6) is 0 Å². The topological polar surface area (TPSA) is 64.9 Å². The zero-order chi connectivity index (χ0) is 14.4. The second-order valence-corrected chi connectivity index (χ2v) is 5.11. The summed E-state index contributed by atoms with van der Waals surface area (Å²) < 4.78 is 0. The van der Waals surface area contributed by atoms with Gasteiger partial charge in [0.2, 0.25) is 5.91 Å². The Morgan fingerprint density at radius 1 is 1.42 bits per heavy atom. The number of carbonyl (C=O) groups is 1. The lowest BCUT2D eigenvalue weighted by molar-refractivity contribution is -0.121. The summed E-state index contributed by atoms with van der Waals surface area (Å²) in [6.45, 7) is 3.79.